The van der Waals surface area contributed by atoms with Crippen molar-refractivity contribution in [3.05, 3.63) is 28.3 Å². The van der Waals surface area contributed by atoms with Gasteiger partial charge in [0.1, 0.15) is 12.4 Å². The van der Waals surface area contributed by atoms with Crippen LogP contribution >= 0.6 is 11.6 Å². The lowest BCUT2D eigenvalue weighted by atomic mass is 10.1. The summed E-state index contributed by atoms with van der Waals surface area (Å²) in [5, 5.41) is 9.29. The van der Waals surface area contributed by atoms with Gasteiger partial charge in [-0.2, -0.15) is 0 Å². The average molecular weight is 215 g/mol. The molecule has 0 aliphatic heterocycles. The summed E-state index contributed by atoms with van der Waals surface area (Å²) in [6.07, 6.45) is 0.877. The Morgan fingerprint density at radius 2 is 2.14 bits per heavy atom. The van der Waals surface area contributed by atoms with E-state index in [0.29, 0.717) is 10.8 Å². The summed E-state index contributed by atoms with van der Waals surface area (Å²) in [6.45, 7) is 4.35. The van der Waals surface area contributed by atoms with Gasteiger partial charge in [0.05, 0.1) is 11.6 Å². The molecule has 0 heterocycles. The van der Waals surface area contributed by atoms with Crippen molar-refractivity contribution in [2.45, 2.75) is 20.3 Å². The molecule has 0 spiro atoms. The second-order valence-corrected chi connectivity index (χ2v) is 3.57. The van der Waals surface area contributed by atoms with Crippen molar-refractivity contribution in [3.63, 3.8) is 0 Å². The minimum absolute atomic E-state index is 0.00730. The quantitative estimate of drug-likeness (QED) is 0.835. The van der Waals surface area contributed by atoms with Gasteiger partial charge in [0.25, 0.3) is 0 Å². The molecule has 0 atom stereocenters. The standard InChI is InChI=1S/C11H15ClO2/c1-3-9-6-8(2)7-10(12)11(9)14-5-4-13/h6-7,13H,3-5H2,1-2H3. The van der Waals surface area contributed by atoms with E-state index in [1.165, 1.54) is 0 Å². The van der Waals surface area contributed by atoms with E-state index in [0.717, 1.165) is 17.5 Å². The molecule has 0 fully saturated rings. The number of aliphatic hydroxyl groups is 1. The van der Waals surface area contributed by atoms with Gasteiger partial charge in [0.15, 0.2) is 0 Å². The lowest BCUT2D eigenvalue weighted by molar-refractivity contribution is 0.200. The minimum atomic E-state index is 0.00730. The molecule has 2 nitrogen and oxygen atoms in total. The van der Waals surface area contributed by atoms with Crippen molar-refractivity contribution in [2.75, 3.05) is 13.2 Å². The molecule has 1 aromatic carbocycles. The number of ether oxygens (including phenoxy) is 1. The first-order chi connectivity index (χ1) is 6.69. The van der Waals surface area contributed by atoms with Gasteiger partial charge in [-0.15, -0.1) is 0 Å². The van der Waals surface area contributed by atoms with Gasteiger partial charge in [0, 0.05) is 0 Å². The average Bonchev–Trinajstić information content (AvgIpc) is 2.15. The molecule has 0 bridgehead atoms. The molecule has 3 heteroatoms. The van der Waals surface area contributed by atoms with E-state index in [-0.39, 0.29) is 13.2 Å². The van der Waals surface area contributed by atoms with Crippen LogP contribution in [0.3, 0.4) is 0 Å². The maximum absolute atomic E-state index is 8.67. The van der Waals surface area contributed by atoms with Crippen LogP contribution in [0.15, 0.2) is 12.1 Å². The van der Waals surface area contributed by atoms with Gasteiger partial charge in [-0.05, 0) is 30.5 Å². The molecular weight excluding hydrogens is 200 g/mol. The Labute approximate surface area is 89.5 Å². The molecule has 0 amide bonds. The van der Waals surface area contributed by atoms with E-state index in [2.05, 4.69) is 13.0 Å². The van der Waals surface area contributed by atoms with Crippen molar-refractivity contribution in [1.82, 2.24) is 0 Å². The highest BCUT2D eigenvalue weighted by Gasteiger charge is 2.07. The van der Waals surface area contributed by atoms with Crippen LogP contribution in [0.2, 0.25) is 5.02 Å². The number of halogens is 1. The predicted molar refractivity (Wildman–Crippen MR) is 58.1 cm³/mol. The summed E-state index contributed by atoms with van der Waals surface area (Å²) in [5.41, 5.74) is 2.21. The van der Waals surface area contributed by atoms with Crippen molar-refractivity contribution < 1.29 is 9.84 Å². The van der Waals surface area contributed by atoms with E-state index >= 15 is 0 Å². The third-order valence-electron chi connectivity index (χ3n) is 1.98. The van der Waals surface area contributed by atoms with Crippen molar-refractivity contribution in [3.8, 4) is 5.75 Å². The summed E-state index contributed by atoms with van der Waals surface area (Å²) >= 11 is 6.04. The molecule has 0 aliphatic rings. The number of rotatable bonds is 4. The van der Waals surface area contributed by atoms with Gasteiger partial charge < -0.3 is 9.84 Å². The number of hydrogen-bond acceptors (Lipinski definition) is 2. The van der Waals surface area contributed by atoms with Crippen molar-refractivity contribution >= 4 is 11.6 Å². The van der Waals surface area contributed by atoms with Gasteiger partial charge in [-0.1, -0.05) is 24.6 Å². The third kappa shape index (κ3) is 2.63. The van der Waals surface area contributed by atoms with Crippen LogP contribution in [0.5, 0.6) is 5.75 Å². The van der Waals surface area contributed by atoms with E-state index in [1.807, 2.05) is 13.0 Å². The smallest absolute Gasteiger partial charge is 0.141 e. The van der Waals surface area contributed by atoms with Crippen LogP contribution in [-0.2, 0) is 6.42 Å². The highest BCUT2D eigenvalue weighted by atomic mass is 35.5. The van der Waals surface area contributed by atoms with Gasteiger partial charge in [0.2, 0.25) is 0 Å². The zero-order valence-electron chi connectivity index (χ0n) is 8.51. The molecule has 0 unspecified atom stereocenters. The number of aryl methyl sites for hydroxylation is 2. The first-order valence-electron chi connectivity index (χ1n) is 4.71. The Bertz CT molecular complexity index is 310. The molecule has 1 rings (SSSR count). The van der Waals surface area contributed by atoms with E-state index in [9.17, 15) is 0 Å². The molecule has 78 valence electrons. The van der Waals surface area contributed by atoms with Crippen LogP contribution in [0, 0.1) is 6.92 Å². The zero-order valence-corrected chi connectivity index (χ0v) is 9.27. The minimum Gasteiger partial charge on any atom is -0.489 e. The Balaban J connectivity index is 2.99. The maximum Gasteiger partial charge on any atom is 0.141 e. The fraction of sp³-hybridized carbons (Fsp3) is 0.455. The van der Waals surface area contributed by atoms with Crippen molar-refractivity contribution in [1.29, 1.82) is 0 Å². The number of benzene rings is 1. The highest BCUT2D eigenvalue weighted by molar-refractivity contribution is 6.32. The summed E-state index contributed by atoms with van der Waals surface area (Å²) in [7, 11) is 0. The van der Waals surface area contributed by atoms with Crippen LogP contribution in [0.25, 0.3) is 0 Å². The van der Waals surface area contributed by atoms with E-state index in [4.69, 9.17) is 21.4 Å². The molecule has 0 saturated carbocycles. The fourth-order valence-corrected chi connectivity index (χ4v) is 1.72. The molecule has 0 aromatic heterocycles. The van der Waals surface area contributed by atoms with Crippen LogP contribution in [0.4, 0.5) is 0 Å². The fourth-order valence-electron chi connectivity index (χ4n) is 1.37. The van der Waals surface area contributed by atoms with Crippen LogP contribution in [-0.4, -0.2) is 18.3 Å². The van der Waals surface area contributed by atoms with Crippen LogP contribution < -0.4 is 4.74 Å². The van der Waals surface area contributed by atoms with Gasteiger partial charge >= 0.3 is 0 Å². The summed E-state index contributed by atoms with van der Waals surface area (Å²) in [5.74, 6) is 0.703. The van der Waals surface area contributed by atoms with Gasteiger partial charge in [-0.3, -0.25) is 0 Å². The molecule has 0 radical (unpaired) electrons. The molecule has 0 saturated heterocycles. The molecule has 0 aliphatic carbocycles. The second-order valence-electron chi connectivity index (χ2n) is 3.16. The summed E-state index contributed by atoms with van der Waals surface area (Å²) in [6, 6.07) is 3.92. The lowest BCUT2D eigenvalue weighted by Crippen LogP contribution is -2.04. The molecular formula is C11H15ClO2. The molecule has 1 aromatic rings. The monoisotopic (exact) mass is 214 g/mol. The first-order valence-corrected chi connectivity index (χ1v) is 5.09. The van der Waals surface area contributed by atoms with Crippen molar-refractivity contribution in [2.24, 2.45) is 0 Å². The molecule has 1 N–H and O–H groups in total. The lowest BCUT2D eigenvalue weighted by Gasteiger charge is -2.12. The first kappa shape index (κ1) is 11.3. The third-order valence-corrected chi connectivity index (χ3v) is 2.26. The molecule has 14 heavy (non-hydrogen) atoms. The van der Waals surface area contributed by atoms with E-state index < -0.39 is 0 Å². The maximum atomic E-state index is 8.67. The normalized spacial score (nSPS) is 10.3. The van der Waals surface area contributed by atoms with Crippen LogP contribution in [0.1, 0.15) is 18.1 Å². The Morgan fingerprint density at radius 1 is 1.43 bits per heavy atom. The number of aliphatic hydroxyl groups excluding tert-OH is 1. The van der Waals surface area contributed by atoms with Gasteiger partial charge in [-0.25, -0.2) is 0 Å². The zero-order chi connectivity index (χ0) is 10.6. The Hall–Kier alpha value is -0.730. The highest BCUT2D eigenvalue weighted by Crippen LogP contribution is 2.30. The largest absolute Gasteiger partial charge is 0.489 e. The Kier molecular flexibility index (Phi) is 4.23. The second kappa shape index (κ2) is 5.23. The predicted octanol–water partition coefficient (Wildman–Crippen LogP) is 2.58. The summed E-state index contributed by atoms with van der Waals surface area (Å²) in [4.78, 5) is 0. The SMILES string of the molecule is CCc1cc(C)cc(Cl)c1OCCO. The van der Waals surface area contributed by atoms with E-state index in [1.54, 1.807) is 0 Å². The number of hydrogen-bond donors (Lipinski definition) is 1. The topological polar surface area (TPSA) is 29.5 Å². The summed E-state index contributed by atoms with van der Waals surface area (Å²) < 4.78 is 5.38. The Morgan fingerprint density at radius 3 is 2.71 bits per heavy atom.